The van der Waals surface area contributed by atoms with Crippen LogP contribution in [0.4, 0.5) is 5.82 Å². The Morgan fingerprint density at radius 3 is 2.94 bits per heavy atom. The molecule has 1 aromatic rings. The lowest BCUT2D eigenvalue weighted by Crippen LogP contribution is -2.45. The maximum atomic E-state index is 4.46. The number of likely N-dealkylation sites (N-methyl/N-ethyl adjacent to an activating group) is 1. The minimum Gasteiger partial charge on any atom is -0.355 e. The first-order chi connectivity index (χ1) is 7.66. The Hall–Kier alpha value is -1.09. The van der Waals surface area contributed by atoms with E-state index in [9.17, 15) is 0 Å². The van der Waals surface area contributed by atoms with E-state index in [1.807, 2.05) is 6.20 Å². The van der Waals surface area contributed by atoms with Crippen LogP contribution in [0.3, 0.4) is 0 Å². The van der Waals surface area contributed by atoms with Crippen molar-refractivity contribution in [1.29, 1.82) is 0 Å². The highest BCUT2D eigenvalue weighted by molar-refractivity contribution is 5.41. The molecule has 1 aliphatic rings. The largest absolute Gasteiger partial charge is 0.355 e. The van der Waals surface area contributed by atoms with Gasteiger partial charge in [-0.15, -0.1) is 0 Å². The SMILES string of the molecule is Cc1ccnc(N2CCCC(N(C)C)C2)c1. The van der Waals surface area contributed by atoms with Gasteiger partial charge in [0.05, 0.1) is 0 Å². The van der Waals surface area contributed by atoms with Crippen molar-refractivity contribution in [3.63, 3.8) is 0 Å². The van der Waals surface area contributed by atoms with Crippen molar-refractivity contribution in [2.75, 3.05) is 32.1 Å². The van der Waals surface area contributed by atoms with Gasteiger partial charge in [0.15, 0.2) is 0 Å². The Balaban J connectivity index is 2.09. The molecule has 0 N–H and O–H groups in total. The summed E-state index contributed by atoms with van der Waals surface area (Å²) < 4.78 is 0. The van der Waals surface area contributed by atoms with Gasteiger partial charge in [0.25, 0.3) is 0 Å². The molecule has 0 aromatic carbocycles. The van der Waals surface area contributed by atoms with Crippen LogP contribution in [-0.4, -0.2) is 43.1 Å². The summed E-state index contributed by atoms with van der Waals surface area (Å²) in [5.41, 5.74) is 1.29. The van der Waals surface area contributed by atoms with Gasteiger partial charge in [0.1, 0.15) is 5.82 Å². The van der Waals surface area contributed by atoms with E-state index in [1.54, 1.807) is 0 Å². The number of aryl methyl sites for hydroxylation is 1. The maximum Gasteiger partial charge on any atom is 0.128 e. The topological polar surface area (TPSA) is 19.4 Å². The first-order valence-corrected chi connectivity index (χ1v) is 6.01. The first-order valence-electron chi connectivity index (χ1n) is 6.01. The molecule has 88 valence electrons. The Kier molecular flexibility index (Phi) is 3.44. The number of hydrogen-bond donors (Lipinski definition) is 0. The zero-order valence-electron chi connectivity index (χ0n) is 10.5. The zero-order valence-corrected chi connectivity index (χ0v) is 10.5. The predicted octanol–water partition coefficient (Wildman–Crippen LogP) is 1.92. The summed E-state index contributed by atoms with van der Waals surface area (Å²) in [4.78, 5) is 9.19. The van der Waals surface area contributed by atoms with Gasteiger partial charge in [0.2, 0.25) is 0 Å². The lowest BCUT2D eigenvalue weighted by molar-refractivity contribution is 0.257. The van der Waals surface area contributed by atoms with Gasteiger partial charge in [-0.1, -0.05) is 0 Å². The van der Waals surface area contributed by atoms with Gasteiger partial charge in [-0.3, -0.25) is 0 Å². The molecule has 2 rings (SSSR count). The van der Waals surface area contributed by atoms with E-state index in [4.69, 9.17) is 0 Å². The van der Waals surface area contributed by atoms with Gasteiger partial charge in [0, 0.05) is 25.3 Å². The normalized spacial score (nSPS) is 21.5. The molecule has 0 saturated carbocycles. The molecule has 0 aliphatic carbocycles. The van der Waals surface area contributed by atoms with Crippen LogP contribution < -0.4 is 4.90 Å². The van der Waals surface area contributed by atoms with E-state index >= 15 is 0 Å². The second-order valence-corrected chi connectivity index (χ2v) is 4.90. The lowest BCUT2D eigenvalue weighted by Gasteiger charge is -2.36. The van der Waals surface area contributed by atoms with Crippen molar-refractivity contribution in [2.24, 2.45) is 0 Å². The van der Waals surface area contributed by atoms with Gasteiger partial charge in [-0.25, -0.2) is 4.98 Å². The molecule has 1 fully saturated rings. The van der Waals surface area contributed by atoms with E-state index in [-0.39, 0.29) is 0 Å². The minimum atomic E-state index is 0.663. The standard InChI is InChI=1S/C13H21N3/c1-11-6-7-14-13(9-11)16-8-4-5-12(10-16)15(2)3/h6-7,9,12H,4-5,8,10H2,1-3H3. The third-order valence-corrected chi connectivity index (χ3v) is 3.35. The van der Waals surface area contributed by atoms with Crippen LogP contribution in [0.1, 0.15) is 18.4 Å². The molecule has 0 spiro atoms. The number of pyridine rings is 1. The van der Waals surface area contributed by atoms with E-state index in [0.717, 1.165) is 18.9 Å². The van der Waals surface area contributed by atoms with Gasteiger partial charge < -0.3 is 9.80 Å². The highest BCUT2D eigenvalue weighted by Gasteiger charge is 2.21. The molecule has 3 nitrogen and oxygen atoms in total. The highest BCUT2D eigenvalue weighted by atomic mass is 15.2. The summed E-state index contributed by atoms with van der Waals surface area (Å²) in [5, 5.41) is 0. The third kappa shape index (κ3) is 2.53. The lowest BCUT2D eigenvalue weighted by atomic mass is 10.0. The predicted molar refractivity (Wildman–Crippen MR) is 67.9 cm³/mol. The molecule has 1 atom stereocenters. The van der Waals surface area contributed by atoms with Gasteiger partial charge >= 0.3 is 0 Å². The van der Waals surface area contributed by atoms with Crippen LogP contribution in [0.15, 0.2) is 18.3 Å². The van der Waals surface area contributed by atoms with E-state index in [1.165, 1.54) is 18.4 Å². The van der Waals surface area contributed by atoms with Crippen LogP contribution in [0.25, 0.3) is 0 Å². The highest BCUT2D eigenvalue weighted by Crippen LogP contribution is 2.20. The van der Waals surface area contributed by atoms with Crippen LogP contribution in [0.5, 0.6) is 0 Å². The van der Waals surface area contributed by atoms with Crippen molar-refractivity contribution >= 4 is 5.82 Å². The molecule has 3 heteroatoms. The molecular weight excluding hydrogens is 198 g/mol. The van der Waals surface area contributed by atoms with E-state index in [0.29, 0.717) is 6.04 Å². The molecule has 0 radical (unpaired) electrons. The number of piperidine rings is 1. The monoisotopic (exact) mass is 219 g/mol. The number of aromatic nitrogens is 1. The Labute approximate surface area is 98.1 Å². The smallest absolute Gasteiger partial charge is 0.128 e. The summed E-state index contributed by atoms with van der Waals surface area (Å²) in [7, 11) is 4.33. The first kappa shape index (κ1) is 11.4. The number of rotatable bonds is 2. The van der Waals surface area contributed by atoms with Crippen molar-refractivity contribution in [3.8, 4) is 0 Å². The average molecular weight is 219 g/mol. The second kappa shape index (κ2) is 4.83. The van der Waals surface area contributed by atoms with Crippen LogP contribution >= 0.6 is 0 Å². The van der Waals surface area contributed by atoms with Gasteiger partial charge in [-0.05, 0) is 51.6 Å². The van der Waals surface area contributed by atoms with Crippen molar-refractivity contribution in [1.82, 2.24) is 9.88 Å². The second-order valence-electron chi connectivity index (χ2n) is 4.90. The summed E-state index contributed by atoms with van der Waals surface area (Å²) in [6.07, 6.45) is 4.47. The summed E-state index contributed by atoms with van der Waals surface area (Å²) in [6, 6.07) is 4.89. The Bertz CT molecular complexity index is 349. The molecule has 0 bridgehead atoms. The maximum absolute atomic E-state index is 4.46. The fraction of sp³-hybridized carbons (Fsp3) is 0.615. The fourth-order valence-corrected chi connectivity index (χ4v) is 2.28. The fourth-order valence-electron chi connectivity index (χ4n) is 2.28. The van der Waals surface area contributed by atoms with Crippen LogP contribution in [0.2, 0.25) is 0 Å². The summed E-state index contributed by atoms with van der Waals surface area (Å²) >= 11 is 0. The summed E-state index contributed by atoms with van der Waals surface area (Å²) in [5.74, 6) is 1.13. The molecule has 0 amide bonds. The van der Waals surface area contributed by atoms with Gasteiger partial charge in [-0.2, -0.15) is 0 Å². The minimum absolute atomic E-state index is 0.663. The summed E-state index contributed by atoms with van der Waals surface area (Å²) in [6.45, 7) is 4.36. The van der Waals surface area contributed by atoms with Crippen LogP contribution in [0, 0.1) is 6.92 Å². The zero-order chi connectivity index (χ0) is 11.5. The number of anilines is 1. The molecule has 1 aromatic heterocycles. The van der Waals surface area contributed by atoms with Crippen molar-refractivity contribution in [3.05, 3.63) is 23.9 Å². The molecule has 1 unspecified atom stereocenters. The molecule has 2 heterocycles. The number of hydrogen-bond acceptors (Lipinski definition) is 3. The van der Waals surface area contributed by atoms with E-state index in [2.05, 4.69) is 47.9 Å². The Morgan fingerprint density at radius 1 is 1.44 bits per heavy atom. The molecule has 16 heavy (non-hydrogen) atoms. The molecular formula is C13H21N3. The average Bonchev–Trinajstić information content (AvgIpc) is 2.29. The van der Waals surface area contributed by atoms with Crippen molar-refractivity contribution < 1.29 is 0 Å². The molecule has 1 saturated heterocycles. The third-order valence-electron chi connectivity index (χ3n) is 3.35. The van der Waals surface area contributed by atoms with Crippen molar-refractivity contribution in [2.45, 2.75) is 25.8 Å². The molecule has 1 aliphatic heterocycles. The van der Waals surface area contributed by atoms with E-state index < -0.39 is 0 Å². The van der Waals surface area contributed by atoms with Crippen LogP contribution in [-0.2, 0) is 0 Å². The number of nitrogens with zero attached hydrogens (tertiary/aromatic N) is 3. The quantitative estimate of drug-likeness (QED) is 0.757. The Morgan fingerprint density at radius 2 is 2.25 bits per heavy atom.